The number of carbonyl (C=O) groups is 1. The summed E-state index contributed by atoms with van der Waals surface area (Å²) in [5.41, 5.74) is 3.28. The molecule has 0 saturated heterocycles. The first-order valence-corrected chi connectivity index (χ1v) is 11.8. The molecule has 3 rings (SSSR count). The van der Waals surface area contributed by atoms with Crippen molar-refractivity contribution in [3.63, 3.8) is 0 Å². The SMILES string of the molecule is C=CCc1ccc(OCCCn2c(CCCNC(=O)CCC)nc3ccccc32)c(OC)c1. The fraction of sp³-hybridized carbons (Fsp3) is 0.407. The summed E-state index contributed by atoms with van der Waals surface area (Å²) in [6.45, 7) is 7.87. The number of nitrogens with one attached hydrogen (secondary N) is 1. The van der Waals surface area contributed by atoms with E-state index < -0.39 is 0 Å². The molecule has 0 fully saturated rings. The highest BCUT2D eigenvalue weighted by molar-refractivity contribution is 5.76. The Morgan fingerprint density at radius 1 is 1.18 bits per heavy atom. The highest BCUT2D eigenvalue weighted by atomic mass is 16.5. The molecule has 3 aromatic rings. The zero-order chi connectivity index (χ0) is 23.5. The number of aromatic nitrogens is 2. The largest absolute Gasteiger partial charge is 0.493 e. The van der Waals surface area contributed by atoms with Gasteiger partial charge in [0.15, 0.2) is 11.5 Å². The minimum absolute atomic E-state index is 0.121. The van der Waals surface area contributed by atoms with Gasteiger partial charge in [-0.05, 0) is 55.5 Å². The number of imidazole rings is 1. The second-order valence-corrected chi connectivity index (χ2v) is 8.05. The summed E-state index contributed by atoms with van der Waals surface area (Å²) >= 11 is 0. The predicted molar refractivity (Wildman–Crippen MR) is 133 cm³/mol. The maximum Gasteiger partial charge on any atom is 0.219 e. The molecule has 6 nitrogen and oxygen atoms in total. The monoisotopic (exact) mass is 449 g/mol. The lowest BCUT2D eigenvalue weighted by Crippen LogP contribution is -2.24. The van der Waals surface area contributed by atoms with Gasteiger partial charge in [-0.15, -0.1) is 6.58 Å². The fourth-order valence-corrected chi connectivity index (χ4v) is 3.89. The summed E-state index contributed by atoms with van der Waals surface area (Å²) in [5, 5.41) is 2.99. The number of methoxy groups -OCH3 is 1. The van der Waals surface area contributed by atoms with E-state index in [9.17, 15) is 4.79 Å². The Kier molecular flexibility index (Phi) is 9.36. The number of rotatable bonds is 14. The van der Waals surface area contributed by atoms with Crippen molar-refractivity contribution in [1.29, 1.82) is 0 Å². The van der Waals surface area contributed by atoms with Crippen molar-refractivity contribution in [3.05, 3.63) is 66.5 Å². The molecule has 1 amide bonds. The molecule has 6 heteroatoms. The van der Waals surface area contributed by atoms with Crippen LogP contribution in [0.15, 0.2) is 55.1 Å². The Morgan fingerprint density at radius 3 is 2.82 bits per heavy atom. The molecular weight excluding hydrogens is 414 g/mol. The number of benzene rings is 2. The molecule has 0 spiro atoms. The van der Waals surface area contributed by atoms with E-state index in [4.69, 9.17) is 14.5 Å². The molecule has 1 aromatic heterocycles. The summed E-state index contributed by atoms with van der Waals surface area (Å²) in [6.07, 6.45) is 6.66. The van der Waals surface area contributed by atoms with Gasteiger partial charge in [0.25, 0.3) is 0 Å². The average Bonchev–Trinajstić information content (AvgIpc) is 3.18. The molecule has 1 N–H and O–H groups in total. The van der Waals surface area contributed by atoms with Gasteiger partial charge in [-0.1, -0.05) is 31.2 Å². The van der Waals surface area contributed by atoms with Gasteiger partial charge < -0.3 is 19.4 Å². The van der Waals surface area contributed by atoms with Crippen LogP contribution in [0.3, 0.4) is 0 Å². The quantitative estimate of drug-likeness (QED) is 0.275. The lowest BCUT2D eigenvalue weighted by Gasteiger charge is -2.13. The topological polar surface area (TPSA) is 65.4 Å². The number of ether oxygens (including phenoxy) is 2. The molecule has 0 radical (unpaired) electrons. The molecule has 33 heavy (non-hydrogen) atoms. The van der Waals surface area contributed by atoms with Gasteiger partial charge in [0, 0.05) is 25.9 Å². The van der Waals surface area contributed by atoms with Crippen LogP contribution in [0.2, 0.25) is 0 Å². The van der Waals surface area contributed by atoms with Crippen LogP contribution in [0.25, 0.3) is 11.0 Å². The molecule has 0 aliphatic heterocycles. The van der Waals surface area contributed by atoms with Crippen LogP contribution >= 0.6 is 0 Å². The first kappa shape index (κ1) is 24.4. The van der Waals surface area contributed by atoms with Gasteiger partial charge >= 0.3 is 0 Å². The molecule has 0 bridgehead atoms. The van der Waals surface area contributed by atoms with Crippen molar-refractivity contribution in [1.82, 2.24) is 14.9 Å². The first-order chi connectivity index (χ1) is 16.2. The summed E-state index contributed by atoms with van der Waals surface area (Å²) in [4.78, 5) is 16.5. The van der Waals surface area contributed by atoms with Crippen molar-refractivity contribution in [2.45, 2.75) is 52.0 Å². The van der Waals surface area contributed by atoms with Gasteiger partial charge in [0.1, 0.15) is 5.82 Å². The Morgan fingerprint density at radius 2 is 2.03 bits per heavy atom. The third kappa shape index (κ3) is 6.85. The van der Waals surface area contributed by atoms with E-state index in [1.807, 2.05) is 49.4 Å². The van der Waals surface area contributed by atoms with E-state index in [1.54, 1.807) is 7.11 Å². The predicted octanol–water partition coefficient (Wildman–Crippen LogP) is 5.09. The van der Waals surface area contributed by atoms with E-state index in [0.717, 1.165) is 72.6 Å². The van der Waals surface area contributed by atoms with Gasteiger partial charge in [0.2, 0.25) is 5.91 Å². The van der Waals surface area contributed by atoms with Crippen LogP contribution in [-0.4, -0.2) is 35.7 Å². The van der Waals surface area contributed by atoms with Gasteiger partial charge in [-0.25, -0.2) is 4.98 Å². The summed E-state index contributed by atoms with van der Waals surface area (Å²) < 4.78 is 13.8. The van der Waals surface area contributed by atoms with Gasteiger partial charge in [-0.2, -0.15) is 0 Å². The summed E-state index contributed by atoms with van der Waals surface area (Å²) in [7, 11) is 1.66. The molecule has 0 saturated carbocycles. The first-order valence-electron chi connectivity index (χ1n) is 11.8. The van der Waals surface area contributed by atoms with Gasteiger partial charge in [0.05, 0.1) is 24.8 Å². The third-order valence-electron chi connectivity index (χ3n) is 5.50. The van der Waals surface area contributed by atoms with E-state index in [0.29, 0.717) is 19.6 Å². The van der Waals surface area contributed by atoms with Crippen molar-refractivity contribution in [2.24, 2.45) is 0 Å². The number of para-hydroxylation sites is 2. The standard InChI is InChI=1S/C27H35N3O3/c1-4-10-21-15-16-24(25(20-21)32-3)33-19-9-18-30-23-13-7-6-12-22(23)29-26(30)14-8-17-28-27(31)11-5-2/h4,6-7,12-13,15-16,20H,1,5,8-11,14,17-19H2,2-3H3,(H,28,31). The third-order valence-corrected chi connectivity index (χ3v) is 5.50. The fourth-order valence-electron chi connectivity index (χ4n) is 3.89. The smallest absolute Gasteiger partial charge is 0.219 e. The number of aryl methyl sites for hydroxylation is 2. The van der Waals surface area contributed by atoms with E-state index >= 15 is 0 Å². The van der Waals surface area contributed by atoms with E-state index in [2.05, 4.69) is 22.5 Å². The minimum Gasteiger partial charge on any atom is -0.493 e. The number of allylic oxidation sites excluding steroid dienone is 1. The van der Waals surface area contributed by atoms with Crippen LogP contribution in [0.1, 0.15) is 44.0 Å². The van der Waals surface area contributed by atoms with Gasteiger partial charge in [-0.3, -0.25) is 4.79 Å². The number of amides is 1. The highest BCUT2D eigenvalue weighted by Gasteiger charge is 2.11. The number of fused-ring (bicyclic) bond motifs is 1. The Labute approximate surface area is 196 Å². The molecule has 2 aromatic carbocycles. The van der Waals surface area contributed by atoms with Crippen molar-refractivity contribution in [3.8, 4) is 11.5 Å². The molecule has 0 aliphatic rings. The Bertz CT molecular complexity index is 1060. The van der Waals surface area contributed by atoms with Crippen LogP contribution in [0, 0.1) is 0 Å². The highest BCUT2D eigenvalue weighted by Crippen LogP contribution is 2.28. The number of carbonyl (C=O) groups excluding carboxylic acids is 1. The van der Waals surface area contributed by atoms with E-state index in [1.165, 1.54) is 0 Å². The minimum atomic E-state index is 0.121. The molecule has 0 unspecified atom stereocenters. The van der Waals surface area contributed by atoms with Crippen molar-refractivity contribution >= 4 is 16.9 Å². The lowest BCUT2D eigenvalue weighted by molar-refractivity contribution is -0.121. The molecule has 1 heterocycles. The normalized spacial score (nSPS) is 10.8. The summed E-state index contributed by atoms with van der Waals surface area (Å²) in [6, 6.07) is 14.2. The second-order valence-electron chi connectivity index (χ2n) is 8.05. The zero-order valence-corrected chi connectivity index (χ0v) is 19.8. The lowest BCUT2D eigenvalue weighted by atomic mass is 10.1. The average molecular weight is 450 g/mol. The van der Waals surface area contributed by atoms with Crippen molar-refractivity contribution < 1.29 is 14.3 Å². The van der Waals surface area contributed by atoms with E-state index in [-0.39, 0.29) is 5.91 Å². The maximum absolute atomic E-state index is 11.7. The summed E-state index contributed by atoms with van der Waals surface area (Å²) in [5.74, 6) is 2.67. The second kappa shape index (κ2) is 12.7. The van der Waals surface area contributed by atoms with Crippen molar-refractivity contribution in [2.75, 3.05) is 20.3 Å². The number of hydrogen-bond donors (Lipinski definition) is 1. The number of hydrogen-bond acceptors (Lipinski definition) is 4. The maximum atomic E-state index is 11.7. The molecule has 0 aliphatic carbocycles. The molecular formula is C27H35N3O3. The molecule has 176 valence electrons. The van der Waals surface area contributed by atoms with Crippen LogP contribution in [0.5, 0.6) is 11.5 Å². The van der Waals surface area contributed by atoms with Crippen LogP contribution in [-0.2, 0) is 24.2 Å². The zero-order valence-electron chi connectivity index (χ0n) is 19.8. The Balaban J connectivity index is 1.59. The number of nitrogens with zero attached hydrogens (tertiary/aromatic N) is 2. The molecule has 0 atom stereocenters. The Hall–Kier alpha value is -3.28. The van der Waals surface area contributed by atoms with Crippen LogP contribution in [0.4, 0.5) is 0 Å². The van der Waals surface area contributed by atoms with Crippen LogP contribution < -0.4 is 14.8 Å².